The van der Waals surface area contributed by atoms with Crippen molar-refractivity contribution < 1.29 is 4.74 Å². The van der Waals surface area contributed by atoms with Crippen LogP contribution in [0.15, 0.2) is 18.3 Å². The number of nitrogens with zero attached hydrogens (tertiary/aromatic N) is 2. The second-order valence-corrected chi connectivity index (χ2v) is 2.08. The van der Waals surface area contributed by atoms with E-state index in [1.807, 2.05) is 19.9 Å². The summed E-state index contributed by atoms with van der Waals surface area (Å²) in [5.41, 5.74) is 1.41. The maximum atomic E-state index is 8.44. The topological polar surface area (TPSA) is 45.9 Å². The molecule has 1 aromatic rings. The summed E-state index contributed by atoms with van der Waals surface area (Å²) in [5, 5.41) is 8.44. The van der Waals surface area contributed by atoms with Crippen molar-refractivity contribution in [3.05, 3.63) is 29.6 Å². The normalized spacial score (nSPS) is 8.15. The molecule has 13 heavy (non-hydrogen) atoms. The quantitative estimate of drug-likeness (QED) is 0.696. The Morgan fingerprint density at radius 2 is 2.15 bits per heavy atom. The van der Waals surface area contributed by atoms with Gasteiger partial charge in [0, 0.05) is 13.3 Å². The summed E-state index contributed by atoms with van der Waals surface area (Å²) < 4.78 is 4.86. The third-order valence-corrected chi connectivity index (χ3v) is 1.25. The predicted molar refractivity (Wildman–Crippen MR) is 51.0 cm³/mol. The molecule has 1 rings (SSSR count). The average Bonchev–Trinajstić information content (AvgIpc) is 2.23. The molecule has 0 fully saturated rings. The van der Waals surface area contributed by atoms with E-state index in [4.69, 9.17) is 10.00 Å². The molecule has 0 unspecified atom stereocenters. The van der Waals surface area contributed by atoms with E-state index in [2.05, 4.69) is 4.98 Å². The van der Waals surface area contributed by atoms with Crippen LogP contribution in [0.2, 0.25) is 0 Å². The highest BCUT2D eigenvalue weighted by Gasteiger charge is 1.92. The van der Waals surface area contributed by atoms with Crippen LogP contribution >= 0.6 is 0 Å². The van der Waals surface area contributed by atoms with Crippen LogP contribution in [-0.2, 0) is 11.3 Å². The number of ether oxygens (including phenoxy) is 1. The lowest BCUT2D eigenvalue weighted by atomic mass is 10.3. The number of pyridine rings is 1. The van der Waals surface area contributed by atoms with Crippen LogP contribution in [0, 0.1) is 11.3 Å². The van der Waals surface area contributed by atoms with Gasteiger partial charge < -0.3 is 4.74 Å². The molecule has 3 heteroatoms. The fourth-order valence-corrected chi connectivity index (χ4v) is 0.724. The smallest absolute Gasteiger partial charge is 0.101 e. The molecule has 3 nitrogen and oxygen atoms in total. The number of methoxy groups -OCH3 is 1. The van der Waals surface area contributed by atoms with Crippen molar-refractivity contribution in [1.82, 2.24) is 4.98 Å². The van der Waals surface area contributed by atoms with Gasteiger partial charge >= 0.3 is 0 Å². The lowest BCUT2D eigenvalue weighted by Gasteiger charge is -1.96. The molecular formula is C10H14N2O. The minimum atomic E-state index is 0.492. The van der Waals surface area contributed by atoms with E-state index in [-0.39, 0.29) is 0 Å². The van der Waals surface area contributed by atoms with Gasteiger partial charge in [-0.15, -0.1) is 0 Å². The molecule has 1 heterocycles. The van der Waals surface area contributed by atoms with Crippen LogP contribution in [0.3, 0.4) is 0 Å². The van der Waals surface area contributed by atoms with Crippen LogP contribution in [0.1, 0.15) is 25.1 Å². The predicted octanol–water partition coefficient (Wildman–Crippen LogP) is 2.13. The van der Waals surface area contributed by atoms with E-state index in [0.29, 0.717) is 12.2 Å². The molecule has 0 spiro atoms. The Labute approximate surface area is 79.0 Å². The minimum Gasteiger partial charge on any atom is -0.378 e. The molecule has 1 aromatic heterocycles. The van der Waals surface area contributed by atoms with Crippen molar-refractivity contribution in [2.45, 2.75) is 20.5 Å². The summed E-state index contributed by atoms with van der Waals surface area (Å²) in [6.07, 6.45) is 1.54. The molecule has 0 N–H and O–H groups in total. The number of nitriles is 1. The molecule has 0 aliphatic rings. The Balaban J connectivity index is 0.000000671. The van der Waals surface area contributed by atoms with E-state index >= 15 is 0 Å². The molecule has 0 saturated heterocycles. The molecule has 0 aliphatic heterocycles. The van der Waals surface area contributed by atoms with E-state index < -0.39 is 0 Å². The Morgan fingerprint density at radius 1 is 1.46 bits per heavy atom. The maximum absolute atomic E-state index is 8.44. The largest absolute Gasteiger partial charge is 0.378 e. The molecule has 0 bridgehead atoms. The summed E-state index contributed by atoms with van der Waals surface area (Å²) >= 11 is 0. The molecule has 0 saturated carbocycles. The van der Waals surface area contributed by atoms with Gasteiger partial charge in [0.2, 0.25) is 0 Å². The maximum Gasteiger partial charge on any atom is 0.101 e. The molecular weight excluding hydrogens is 164 g/mol. The van der Waals surface area contributed by atoms with Crippen LogP contribution in [0.4, 0.5) is 0 Å². The van der Waals surface area contributed by atoms with Crippen LogP contribution < -0.4 is 0 Å². The SMILES string of the molecule is CC.COCc1ccc(C#N)cn1. The molecule has 70 valence electrons. The number of aromatic nitrogens is 1. The first-order chi connectivity index (χ1) is 6.36. The molecule has 0 aromatic carbocycles. The van der Waals surface area contributed by atoms with Gasteiger partial charge in [-0.3, -0.25) is 4.98 Å². The summed E-state index contributed by atoms with van der Waals surface area (Å²) in [6, 6.07) is 5.50. The number of rotatable bonds is 2. The van der Waals surface area contributed by atoms with Crippen molar-refractivity contribution in [2.24, 2.45) is 0 Å². The molecule has 0 amide bonds. The van der Waals surface area contributed by atoms with Gasteiger partial charge in [0.15, 0.2) is 0 Å². The highest BCUT2D eigenvalue weighted by atomic mass is 16.5. The minimum absolute atomic E-state index is 0.492. The fourth-order valence-electron chi connectivity index (χ4n) is 0.724. The van der Waals surface area contributed by atoms with Crippen molar-refractivity contribution >= 4 is 0 Å². The van der Waals surface area contributed by atoms with E-state index in [1.165, 1.54) is 6.20 Å². The lowest BCUT2D eigenvalue weighted by molar-refractivity contribution is 0.181. The van der Waals surface area contributed by atoms with Crippen molar-refractivity contribution in [2.75, 3.05) is 7.11 Å². The molecule has 0 aliphatic carbocycles. The third kappa shape index (κ3) is 4.24. The zero-order valence-electron chi connectivity index (χ0n) is 8.24. The van der Waals surface area contributed by atoms with Gasteiger partial charge in [-0.25, -0.2) is 0 Å². The molecule has 0 atom stereocenters. The zero-order valence-corrected chi connectivity index (χ0v) is 8.24. The first-order valence-electron chi connectivity index (χ1n) is 4.21. The number of hydrogen-bond acceptors (Lipinski definition) is 3. The van der Waals surface area contributed by atoms with Crippen molar-refractivity contribution in [3.8, 4) is 6.07 Å². The first kappa shape index (κ1) is 11.6. The summed E-state index contributed by atoms with van der Waals surface area (Å²) in [4.78, 5) is 3.99. The first-order valence-corrected chi connectivity index (χ1v) is 4.21. The Morgan fingerprint density at radius 3 is 2.54 bits per heavy atom. The Hall–Kier alpha value is -1.40. The average molecular weight is 178 g/mol. The Kier molecular flexibility index (Phi) is 6.48. The van der Waals surface area contributed by atoms with Gasteiger partial charge in [0.1, 0.15) is 6.07 Å². The van der Waals surface area contributed by atoms with E-state index in [1.54, 1.807) is 19.2 Å². The monoisotopic (exact) mass is 178 g/mol. The highest BCUT2D eigenvalue weighted by molar-refractivity contribution is 5.26. The zero-order chi connectivity index (χ0) is 10.1. The van der Waals surface area contributed by atoms with Crippen molar-refractivity contribution in [3.63, 3.8) is 0 Å². The fraction of sp³-hybridized carbons (Fsp3) is 0.400. The van der Waals surface area contributed by atoms with Gasteiger partial charge in [0.05, 0.1) is 17.9 Å². The number of hydrogen-bond donors (Lipinski definition) is 0. The second kappa shape index (κ2) is 7.26. The summed E-state index contributed by atoms with van der Waals surface area (Å²) in [5.74, 6) is 0. The second-order valence-electron chi connectivity index (χ2n) is 2.08. The van der Waals surface area contributed by atoms with Gasteiger partial charge in [-0.2, -0.15) is 5.26 Å². The standard InChI is InChI=1S/C8H8N2O.C2H6/c1-11-6-8-3-2-7(4-9)5-10-8;1-2/h2-3,5H,6H2,1H3;1-2H3. The van der Waals surface area contributed by atoms with Crippen LogP contribution in [0.25, 0.3) is 0 Å². The van der Waals surface area contributed by atoms with E-state index in [0.717, 1.165) is 5.69 Å². The summed E-state index contributed by atoms with van der Waals surface area (Å²) in [6.45, 7) is 4.49. The van der Waals surface area contributed by atoms with Crippen molar-refractivity contribution in [1.29, 1.82) is 5.26 Å². The van der Waals surface area contributed by atoms with Crippen LogP contribution in [0.5, 0.6) is 0 Å². The Bertz CT molecular complexity index is 261. The molecule has 0 radical (unpaired) electrons. The van der Waals surface area contributed by atoms with E-state index in [9.17, 15) is 0 Å². The van der Waals surface area contributed by atoms with Crippen LogP contribution in [-0.4, -0.2) is 12.1 Å². The van der Waals surface area contributed by atoms with Gasteiger partial charge in [-0.1, -0.05) is 13.8 Å². The highest BCUT2D eigenvalue weighted by Crippen LogP contribution is 1.99. The van der Waals surface area contributed by atoms with Gasteiger partial charge in [0.25, 0.3) is 0 Å². The van der Waals surface area contributed by atoms with Gasteiger partial charge in [-0.05, 0) is 12.1 Å². The lowest BCUT2D eigenvalue weighted by Crippen LogP contribution is -1.91. The third-order valence-electron chi connectivity index (χ3n) is 1.25. The summed E-state index contributed by atoms with van der Waals surface area (Å²) in [7, 11) is 1.61.